The third-order valence-electron chi connectivity index (χ3n) is 6.85. The molecule has 29 heavy (non-hydrogen) atoms. The Bertz CT molecular complexity index is 919. The van der Waals surface area contributed by atoms with Crippen LogP contribution in [-0.4, -0.2) is 67.5 Å². The molecule has 3 aliphatic heterocycles. The summed E-state index contributed by atoms with van der Waals surface area (Å²) < 4.78 is 28.6. The van der Waals surface area contributed by atoms with Crippen LogP contribution in [0, 0.1) is 0 Å². The molecular formula is C21H29N3O3S2. The van der Waals surface area contributed by atoms with Crippen molar-refractivity contribution in [3.63, 3.8) is 0 Å². The van der Waals surface area contributed by atoms with Gasteiger partial charge >= 0.3 is 0 Å². The van der Waals surface area contributed by atoms with Crippen molar-refractivity contribution < 1.29 is 13.2 Å². The van der Waals surface area contributed by atoms with Gasteiger partial charge < -0.3 is 4.90 Å². The molecule has 1 aromatic rings. The van der Waals surface area contributed by atoms with Gasteiger partial charge in [0.15, 0.2) is 0 Å². The second-order valence-corrected chi connectivity index (χ2v) is 12.1. The molecule has 0 spiro atoms. The minimum atomic E-state index is -3.58. The highest BCUT2D eigenvalue weighted by Gasteiger charge is 2.40. The van der Waals surface area contributed by atoms with Gasteiger partial charge in [-0.05, 0) is 25.0 Å². The number of carbonyl (C=O) groups is 1. The molecule has 0 bridgehead atoms. The van der Waals surface area contributed by atoms with Crippen LogP contribution in [0.1, 0.15) is 44.6 Å². The lowest BCUT2D eigenvalue weighted by Crippen LogP contribution is -2.52. The zero-order chi connectivity index (χ0) is 20.2. The van der Waals surface area contributed by atoms with Gasteiger partial charge in [-0.2, -0.15) is 4.31 Å². The van der Waals surface area contributed by atoms with Gasteiger partial charge in [-0.15, -0.1) is 11.8 Å². The van der Waals surface area contributed by atoms with E-state index in [0.717, 1.165) is 23.7 Å². The van der Waals surface area contributed by atoms with Crippen LogP contribution in [0.25, 0.3) is 0 Å². The van der Waals surface area contributed by atoms with Gasteiger partial charge in [0.25, 0.3) is 0 Å². The quantitative estimate of drug-likeness (QED) is 0.731. The zero-order valence-electron chi connectivity index (χ0n) is 17.0. The summed E-state index contributed by atoms with van der Waals surface area (Å²) in [7, 11) is -3.58. The third kappa shape index (κ3) is 3.42. The first kappa shape index (κ1) is 19.8. The maximum absolute atomic E-state index is 13.5. The van der Waals surface area contributed by atoms with Gasteiger partial charge in [0.05, 0.1) is 17.0 Å². The molecule has 3 heterocycles. The molecule has 0 radical (unpaired) electrons. The van der Waals surface area contributed by atoms with Crippen LogP contribution < -0.4 is 4.90 Å². The number of carbonyl (C=O) groups excluding carboxylic acids is 1. The number of nitrogens with zero attached hydrogens (tertiary/aromatic N) is 3. The Kier molecular flexibility index (Phi) is 5.17. The normalized spacial score (nSPS) is 26.7. The number of rotatable bonds is 3. The van der Waals surface area contributed by atoms with Crippen LogP contribution >= 0.6 is 11.8 Å². The van der Waals surface area contributed by atoms with Gasteiger partial charge in [0, 0.05) is 54.5 Å². The summed E-state index contributed by atoms with van der Waals surface area (Å²) in [6.45, 7) is 5.46. The van der Waals surface area contributed by atoms with Crippen molar-refractivity contribution in [3.8, 4) is 0 Å². The average Bonchev–Trinajstić information content (AvgIpc) is 3.05. The van der Waals surface area contributed by atoms with E-state index in [4.69, 9.17) is 0 Å². The summed E-state index contributed by atoms with van der Waals surface area (Å²) in [6, 6.07) is 4.26. The molecule has 0 N–H and O–H groups in total. The fraction of sp³-hybridized carbons (Fsp3) is 0.667. The highest BCUT2D eigenvalue weighted by atomic mass is 32.2. The Balaban J connectivity index is 1.39. The molecule has 0 unspecified atom stereocenters. The number of hydrogen-bond acceptors (Lipinski definition) is 5. The Morgan fingerprint density at radius 3 is 2.48 bits per heavy atom. The topological polar surface area (TPSA) is 60.9 Å². The predicted octanol–water partition coefficient (Wildman–Crippen LogP) is 2.71. The number of sulfonamides is 1. The third-order valence-corrected chi connectivity index (χ3v) is 9.97. The molecule has 1 aliphatic carbocycles. The molecule has 1 amide bonds. The molecule has 158 valence electrons. The minimum Gasteiger partial charge on any atom is -0.310 e. The second kappa shape index (κ2) is 7.55. The maximum Gasteiger partial charge on any atom is 0.243 e. The minimum absolute atomic E-state index is 0.0261. The Hall–Kier alpha value is -1.09. The molecule has 1 saturated carbocycles. The van der Waals surface area contributed by atoms with Gasteiger partial charge in [-0.25, -0.2) is 8.42 Å². The number of thioether (sulfide) groups is 1. The van der Waals surface area contributed by atoms with Crippen molar-refractivity contribution in [2.24, 2.45) is 0 Å². The zero-order valence-corrected chi connectivity index (χ0v) is 18.6. The Labute approximate surface area is 177 Å². The van der Waals surface area contributed by atoms with E-state index < -0.39 is 10.0 Å². The van der Waals surface area contributed by atoms with E-state index in [0.29, 0.717) is 41.4 Å². The molecule has 0 aromatic heterocycles. The largest absolute Gasteiger partial charge is 0.310 e. The molecule has 1 saturated heterocycles. The molecule has 1 aromatic carbocycles. The summed E-state index contributed by atoms with van der Waals surface area (Å²) in [5.41, 5.74) is 1.56. The number of benzene rings is 1. The molecule has 6 nitrogen and oxygen atoms in total. The standard InChI is InChI=1S/C21H29N3O3S2/c1-15-14-24-20(25)13-17-19(8-7-18(28-15)21(17)24)29(26,27)23-11-9-22(10-12-23)16-5-3-2-4-6-16/h7-8,15-16H,2-6,9-14H2,1H3/t15-/m1/s1. The smallest absolute Gasteiger partial charge is 0.243 e. The molecule has 4 aliphatic rings. The lowest BCUT2D eigenvalue weighted by molar-refractivity contribution is -0.117. The van der Waals surface area contributed by atoms with E-state index in [9.17, 15) is 13.2 Å². The lowest BCUT2D eigenvalue weighted by atomic mass is 9.94. The van der Waals surface area contributed by atoms with Crippen molar-refractivity contribution in [2.75, 3.05) is 37.6 Å². The van der Waals surface area contributed by atoms with E-state index >= 15 is 0 Å². The number of amides is 1. The van der Waals surface area contributed by atoms with Crippen LogP contribution in [0.3, 0.4) is 0 Å². The Morgan fingerprint density at radius 1 is 1.03 bits per heavy atom. The highest BCUT2D eigenvalue weighted by molar-refractivity contribution is 8.00. The summed E-state index contributed by atoms with van der Waals surface area (Å²) in [5.74, 6) is 0.0261. The average molecular weight is 436 g/mol. The SMILES string of the molecule is C[C@@H]1CN2C(=O)Cc3c(S(=O)(=O)N4CCN(C5CCCCC5)CC4)ccc(c32)S1. The summed E-state index contributed by atoms with van der Waals surface area (Å²) >= 11 is 1.73. The van der Waals surface area contributed by atoms with Crippen LogP contribution in [-0.2, 0) is 21.2 Å². The van der Waals surface area contributed by atoms with E-state index in [2.05, 4.69) is 11.8 Å². The van der Waals surface area contributed by atoms with E-state index in [1.165, 1.54) is 32.1 Å². The van der Waals surface area contributed by atoms with Gasteiger partial charge in [0.2, 0.25) is 15.9 Å². The molecule has 5 rings (SSSR count). The summed E-state index contributed by atoms with van der Waals surface area (Å²) in [6.07, 6.45) is 6.61. The first-order valence-electron chi connectivity index (χ1n) is 10.8. The number of piperazine rings is 1. The van der Waals surface area contributed by atoms with Crippen molar-refractivity contribution in [1.82, 2.24) is 9.21 Å². The van der Waals surface area contributed by atoms with Crippen molar-refractivity contribution in [2.45, 2.75) is 66.5 Å². The molecular weight excluding hydrogens is 406 g/mol. The van der Waals surface area contributed by atoms with Gasteiger partial charge in [0.1, 0.15) is 0 Å². The summed E-state index contributed by atoms with van der Waals surface area (Å²) in [5, 5.41) is 0.327. The van der Waals surface area contributed by atoms with Crippen LogP contribution in [0.15, 0.2) is 21.9 Å². The predicted molar refractivity (Wildman–Crippen MR) is 115 cm³/mol. The molecule has 2 fully saturated rings. The first-order chi connectivity index (χ1) is 13.9. The fourth-order valence-electron chi connectivity index (χ4n) is 5.37. The van der Waals surface area contributed by atoms with Crippen molar-refractivity contribution >= 4 is 33.4 Å². The van der Waals surface area contributed by atoms with E-state index in [1.54, 1.807) is 27.0 Å². The number of anilines is 1. The monoisotopic (exact) mass is 435 g/mol. The van der Waals surface area contributed by atoms with E-state index in [1.807, 2.05) is 6.07 Å². The molecule has 1 atom stereocenters. The van der Waals surface area contributed by atoms with Crippen LogP contribution in [0.4, 0.5) is 5.69 Å². The van der Waals surface area contributed by atoms with Crippen molar-refractivity contribution in [3.05, 3.63) is 17.7 Å². The highest BCUT2D eigenvalue weighted by Crippen LogP contribution is 2.46. The van der Waals surface area contributed by atoms with E-state index in [-0.39, 0.29) is 12.3 Å². The first-order valence-corrected chi connectivity index (χ1v) is 13.1. The maximum atomic E-state index is 13.5. The van der Waals surface area contributed by atoms with Crippen LogP contribution in [0.5, 0.6) is 0 Å². The lowest BCUT2D eigenvalue weighted by Gasteiger charge is -2.40. The second-order valence-electron chi connectivity index (χ2n) is 8.73. The van der Waals surface area contributed by atoms with Crippen molar-refractivity contribution in [1.29, 1.82) is 0 Å². The molecule has 8 heteroatoms. The Morgan fingerprint density at radius 2 is 1.76 bits per heavy atom. The van der Waals surface area contributed by atoms with Crippen LogP contribution in [0.2, 0.25) is 0 Å². The van der Waals surface area contributed by atoms with Gasteiger partial charge in [-0.1, -0.05) is 26.2 Å². The summed E-state index contributed by atoms with van der Waals surface area (Å²) in [4.78, 5) is 18.2. The fourth-order valence-corrected chi connectivity index (χ4v) is 8.16. The van der Waals surface area contributed by atoms with Gasteiger partial charge in [-0.3, -0.25) is 9.69 Å². The number of hydrogen-bond donors (Lipinski definition) is 0.